The molecule has 1 heterocycles. The predicted octanol–water partition coefficient (Wildman–Crippen LogP) is 1.46. The number of aliphatic imine (C=N–C) groups is 1. The molecule has 0 spiro atoms. The normalized spacial score (nSPS) is 12.1. The van der Waals surface area contributed by atoms with Gasteiger partial charge in [0.1, 0.15) is 5.76 Å². The van der Waals surface area contributed by atoms with Crippen molar-refractivity contribution in [2.45, 2.75) is 24.9 Å². The molecule has 0 saturated carbocycles. The van der Waals surface area contributed by atoms with Crippen LogP contribution in [0.2, 0.25) is 0 Å². The lowest BCUT2D eigenvalue weighted by Crippen LogP contribution is -2.36. The molecular weight excluding hydrogens is 368 g/mol. The minimum absolute atomic E-state index is 0.208. The van der Waals surface area contributed by atoms with Crippen LogP contribution in [0.25, 0.3) is 0 Å². The SMILES string of the molecule is CCNC(=NCc1cccc(S(=O)(=O)NCCOC)c1)NCc1ccco1. The smallest absolute Gasteiger partial charge is 0.240 e. The van der Waals surface area contributed by atoms with E-state index in [4.69, 9.17) is 9.15 Å². The summed E-state index contributed by atoms with van der Waals surface area (Å²) < 4.78 is 37.3. The highest BCUT2D eigenvalue weighted by atomic mass is 32.2. The summed E-state index contributed by atoms with van der Waals surface area (Å²) in [6.07, 6.45) is 1.62. The van der Waals surface area contributed by atoms with Crippen LogP contribution in [-0.2, 0) is 27.8 Å². The van der Waals surface area contributed by atoms with Crippen LogP contribution < -0.4 is 15.4 Å². The minimum atomic E-state index is -3.57. The Balaban J connectivity index is 2.02. The number of hydrogen-bond acceptors (Lipinski definition) is 5. The molecule has 1 aromatic carbocycles. The average Bonchev–Trinajstić information content (AvgIpc) is 3.18. The second-order valence-corrected chi connectivity index (χ2v) is 7.43. The number of hydrogen-bond donors (Lipinski definition) is 3. The Hall–Kier alpha value is -2.36. The van der Waals surface area contributed by atoms with E-state index in [1.165, 1.54) is 7.11 Å². The molecule has 2 aromatic rings. The Labute approximate surface area is 160 Å². The molecule has 9 heteroatoms. The van der Waals surface area contributed by atoms with Crippen LogP contribution >= 0.6 is 0 Å². The Kier molecular flexibility index (Phi) is 8.31. The zero-order valence-corrected chi connectivity index (χ0v) is 16.4. The van der Waals surface area contributed by atoms with Gasteiger partial charge in [-0.2, -0.15) is 0 Å². The van der Waals surface area contributed by atoms with Gasteiger partial charge in [-0.1, -0.05) is 12.1 Å². The highest BCUT2D eigenvalue weighted by molar-refractivity contribution is 7.89. The van der Waals surface area contributed by atoms with Crippen molar-refractivity contribution in [1.29, 1.82) is 0 Å². The summed E-state index contributed by atoms with van der Waals surface area (Å²) in [4.78, 5) is 4.71. The van der Waals surface area contributed by atoms with Gasteiger partial charge in [0.15, 0.2) is 5.96 Å². The monoisotopic (exact) mass is 394 g/mol. The average molecular weight is 394 g/mol. The maximum absolute atomic E-state index is 12.3. The van der Waals surface area contributed by atoms with Gasteiger partial charge in [0.2, 0.25) is 10.0 Å². The molecule has 3 N–H and O–H groups in total. The van der Waals surface area contributed by atoms with Crippen LogP contribution in [0.1, 0.15) is 18.2 Å². The highest BCUT2D eigenvalue weighted by Crippen LogP contribution is 2.12. The van der Waals surface area contributed by atoms with Gasteiger partial charge in [-0.05, 0) is 36.8 Å². The summed E-state index contributed by atoms with van der Waals surface area (Å²) in [5, 5.41) is 6.32. The van der Waals surface area contributed by atoms with E-state index in [2.05, 4.69) is 20.3 Å². The third kappa shape index (κ3) is 7.05. The van der Waals surface area contributed by atoms with Crippen LogP contribution in [0.3, 0.4) is 0 Å². The fraction of sp³-hybridized carbons (Fsp3) is 0.389. The molecule has 0 aliphatic carbocycles. The molecule has 0 bridgehead atoms. The highest BCUT2D eigenvalue weighted by Gasteiger charge is 2.13. The lowest BCUT2D eigenvalue weighted by molar-refractivity contribution is 0.204. The first kappa shape index (κ1) is 20.9. The maximum Gasteiger partial charge on any atom is 0.240 e. The summed E-state index contributed by atoms with van der Waals surface area (Å²) in [6.45, 7) is 4.08. The van der Waals surface area contributed by atoms with Gasteiger partial charge < -0.3 is 19.8 Å². The largest absolute Gasteiger partial charge is 0.467 e. The first-order chi connectivity index (χ1) is 13.0. The predicted molar refractivity (Wildman–Crippen MR) is 104 cm³/mol. The number of ether oxygens (including phenoxy) is 1. The first-order valence-corrected chi connectivity index (χ1v) is 10.2. The van der Waals surface area contributed by atoms with Crippen molar-refractivity contribution in [3.8, 4) is 0 Å². The Morgan fingerprint density at radius 1 is 1.22 bits per heavy atom. The number of methoxy groups -OCH3 is 1. The molecule has 0 atom stereocenters. The molecule has 148 valence electrons. The van der Waals surface area contributed by atoms with Gasteiger partial charge in [-0.3, -0.25) is 0 Å². The van der Waals surface area contributed by atoms with Gasteiger partial charge in [0, 0.05) is 20.2 Å². The second-order valence-electron chi connectivity index (χ2n) is 5.67. The molecule has 8 nitrogen and oxygen atoms in total. The minimum Gasteiger partial charge on any atom is -0.467 e. The van der Waals surface area contributed by atoms with Gasteiger partial charge in [-0.15, -0.1) is 0 Å². The molecule has 0 aliphatic heterocycles. The Morgan fingerprint density at radius 2 is 2.07 bits per heavy atom. The fourth-order valence-electron chi connectivity index (χ4n) is 2.27. The van der Waals surface area contributed by atoms with E-state index < -0.39 is 10.0 Å². The maximum atomic E-state index is 12.3. The van der Waals surface area contributed by atoms with E-state index in [0.29, 0.717) is 32.2 Å². The molecule has 0 fully saturated rings. The Morgan fingerprint density at radius 3 is 2.78 bits per heavy atom. The number of nitrogens with one attached hydrogen (secondary N) is 3. The molecule has 0 saturated heterocycles. The van der Waals surface area contributed by atoms with Crippen LogP contribution in [0.5, 0.6) is 0 Å². The summed E-state index contributed by atoms with van der Waals surface area (Å²) >= 11 is 0. The van der Waals surface area contributed by atoms with Crippen LogP contribution in [0.15, 0.2) is 57.0 Å². The second kappa shape index (κ2) is 10.7. The number of guanidine groups is 1. The van der Waals surface area contributed by atoms with E-state index in [1.807, 2.05) is 25.1 Å². The number of rotatable bonds is 10. The van der Waals surface area contributed by atoms with Gasteiger partial charge in [0.25, 0.3) is 0 Å². The van der Waals surface area contributed by atoms with E-state index in [9.17, 15) is 8.42 Å². The van der Waals surface area contributed by atoms with E-state index in [0.717, 1.165) is 11.3 Å². The molecule has 0 radical (unpaired) electrons. The standard InChI is InChI=1S/C18H26N4O4S/c1-3-19-18(21-14-16-7-5-10-26-16)20-13-15-6-4-8-17(12-15)27(23,24)22-9-11-25-2/h4-8,10,12,22H,3,9,11,13-14H2,1-2H3,(H2,19,20,21). The van der Waals surface area contributed by atoms with E-state index in [-0.39, 0.29) is 11.4 Å². The molecule has 27 heavy (non-hydrogen) atoms. The topological polar surface area (TPSA) is 105 Å². The number of sulfonamides is 1. The molecule has 0 aliphatic rings. The summed E-state index contributed by atoms with van der Waals surface area (Å²) in [6, 6.07) is 10.4. The Bertz CT molecular complexity index is 820. The lowest BCUT2D eigenvalue weighted by atomic mass is 10.2. The van der Waals surface area contributed by atoms with Crippen molar-refractivity contribution >= 4 is 16.0 Å². The fourth-order valence-corrected chi connectivity index (χ4v) is 3.35. The quantitative estimate of drug-likeness (QED) is 0.320. The number of nitrogens with zero attached hydrogens (tertiary/aromatic N) is 1. The van der Waals surface area contributed by atoms with Crippen molar-refractivity contribution in [2.75, 3.05) is 26.8 Å². The van der Waals surface area contributed by atoms with Gasteiger partial charge in [-0.25, -0.2) is 18.1 Å². The molecule has 0 unspecified atom stereocenters. The van der Waals surface area contributed by atoms with Gasteiger partial charge in [0.05, 0.1) is 30.9 Å². The summed E-state index contributed by atoms with van der Waals surface area (Å²) in [5.74, 6) is 1.43. The summed E-state index contributed by atoms with van der Waals surface area (Å²) in [5.41, 5.74) is 0.791. The van der Waals surface area contributed by atoms with Crippen molar-refractivity contribution in [3.63, 3.8) is 0 Å². The first-order valence-electron chi connectivity index (χ1n) is 8.67. The van der Waals surface area contributed by atoms with Crippen LogP contribution in [-0.4, -0.2) is 41.2 Å². The lowest BCUT2D eigenvalue weighted by Gasteiger charge is -2.11. The zero-order chi connectivity index (χ0) is 19.5. The van der Waals surface area contributed by atoms with Crippen molar-refractivity contribution in [3.05, 3.63) is 54.0 Å². The van der Waals surface area contributed by atoms with Crippen molar-refractivity contribution < 1.29 is 17.6 Å². The molecule has 0 amide bonds. The number of furan rings is 1. The third-order valence-corrected chi connectivity index (χ3v) is 5.04. The van der Waals surface area contributed by atoms with Crippen molar-refractivity contribution in [1.82, 2.24) is 15.4 Å². The molecule has 2 rings (SSSR count). The molecular formula is C18H26N4O4S. The van der Waals surface area contributed by atoms with Crippen molar-refractivity contribution in [2.24, 2.45) is 4.99 Å². The van der Waals surface area contributed by atoms with E-state index in [1.54, 1.807) is 24.5 Å². The van der Waals surface area contributed by atoms with Crippen LogP contribution in [0.4, 0.5) is 0 Å². The van der Waals surface area contributed by atoms with E-state index >= 15 is 0 Å². The number of benzene rings is 1. The molecule has 1 aromatic heterocycles. The van der Waals surface area contributed by atoms with Crippen LogP contribution in [0, 0.1) is 0 Å². The summed E-state index contributed by atoms with van der Waals surface area (Å²) in [7, 11) is -2.04. The van der Waals surface area contributed by atoms with Gasteiger partial charge >= 0.3 is 0 Å². The zero-order valence-electron chi connectivity index (χ0n) is 15.6. The third-order valence-electron chi connectivity index (χ3n) is 3.58.